The summed E-state index contributed by atoms with van der Waals surface area (Å²) in [7, 11) is 0. The first-order valence-corrected chi connectivity index (χ1v) is 10.6. The summed E-state index contributed by atoms with van der Waals surface area (Å²) in [5, 5.41) is 25.5. The van der Waals surface area contributed by atoms with Crippen LogP contribution in [0.4, 0.5) is 0 Å². The van der Waals surface area contributed by atoms with E-state index in [1.165, 1.54) is 6.92 Å². The molecule has 4 unspecified atom stereocenters. The average molecular weight is 465 g/mol. The van der Waals surface area contributed by atoms with E-state index < -0.39 is 60.2 Å². The van der Waals surface area contributed by atoms with E-state index in [4.69, 9.17) is 10.8 Å². The molecule has 0 radical (unpaired) electrons. The van der Waals surface area contributed by atoms with Gasteiger partial charge in [-0.05, 0) is 24.8 Å². The maximum absolute atomic E-state index is 12.6. The minimum absolute atomic E-state index is 0.0357. The van der Waals surface area contributed by atoms with Crippen molar-refractivity contribution in [1.29, 1.82) is 0 Å². The number of carboxylic acids is 2. The summed E-state index contributed by atoms with van der Waals surface area (Å²) in [5.41, 5.74) is 6.48. The van der Waals surface area contributed by atoms with Crippen LogP contribution < -0.4 is 21.7 Å². The molecule has 1 aromatic carbocycles. The molecule has 7 N–H and O–H groups in total. The predicted octanol–water partition coefficient (Wildman–Crippen LogP) is -0.364. The van der Waals surface area contributed by atoms with E-state index in [9.17, 15) is 29.1 Å². The topological polar surface area (TPSA) is 188 Å². The van der Waals surface area contributed by atoms with Crippen molar-refractivity contribution in [2.24, 2.45) is 11.7 Å². The molecule has 1 aromatic rings. The lowest BCUT2D eigenvalue weighted by Crippen LogP contribution is -2.57. The van der Waals surface area contributed by atoms with Gasteiger partial charge in [0, 0.05) is 6.42 Å². The molecule has 0 aliphatic carbocycles. The van der Waals surface area contributed by atoms with E-state index >= 15 is 0 Å². The van der Waals surface area contributed by atoms with Gasteiger partial charge in [0.25, 0.3) is 0 Å². The van der Waals surface area contributed by atoms with Crippen LogP contribution in [0.2, 0.25) is 0 Å². The van der Waals surface area contributed by atoms with Gasteiger partial charge >= 0.3 is 11.9 Å². The molecule has 0 aliphatic rings. The van der Waals surface area contributed by atoms with E-state index in [0.29, 0.717) is 12.0 Å². The van der Waals surface area contributed by atoms with Crippen molar-refractivity contribution < 1.29 is 34.2 Å². The number of hydrogen-bond acceptors (Lipinski definition) is 6. The Hall–Kier alpha value is -3.47. The van der Waals surface area contributed by atoms with Gasteiger partial charge in [0.15, 0.2) is 0 Å². The van der Waals surface area contributed by atoms with Crippen molar-refractivity contribution in [3.8, 4) is 0 Å². The fourth-order valence-electron chi connectivity index (χ4n) is 3.00. The molecule has 182 valence electrons. The fourth-order valence-corrected chi connectivity index (χ4v) is 3.00. The van der Waals surface area contributed by atoms with Crippen LogP contribution in [0, 0.1) is 5.92 Å². The Labute approximate surface area is 192 Å². The number of nitrogens with one attached hydrogen (secondary N) is 3. The Morgan fingerprint density at radius 2 is 1.42 bits per heavy atom. The molecule has 0 saturated carbocycles. The first-order valence-electron chi connectivity index (χ1n) is 10.6. The second-order valence-electron chi connectivity index (χ2n) is 8.21. The van der Waals surface area contributed by atoms with Gasteiger partial charge in [-0.15, -0.1) is 0 Å². The summed E-state index contributed by atoms with van der Waals surface area (Å²) >= 11 is 0. The van der Waals surface area contributed by atoms with Crippen LogP contribution in [0.1, 0.15) is 39.2 Å². The number of carbonyl (C=O) groups is 5. The number of benzene rings is 1. The lowest BCUT2D eigenvalue weighted by Gasteiger charge is -2.23. The minimum Gasteiger partial charge on any atom is -0.481 e. The van der Waals surface area contributed by atoms with Crippen molar-refractivity contribution in [1.82, 2.24) is 16.0 Å². The summed E-state index contributed by atoms with van der Waals surface area (Å²) < 4.78 is 0. The zero-order valence-electron chi connectivity index (χ0n) is 18.9. The van der Waals surface area contributed by atoms with Gasteiger partial charge in [-0.2, -0.15) is 0 Å². The van der Waals surface area contributed by atoms with Crippen LogP contribution >= 0.6 is 0 Å². The van der Waals surface area contributed by atoms with Crippen molar-refractivity contribution in [2.45, 2.75) is 64.2 Å². The third-order valence-electron chi connectivity index (χ3n) is 4.72. The summed E-state index contributed by atoms with van der Waals surface area (Å²) in [5.74, 6) is -4.83. The Morgan fingerprint density at radius 1 is 0.848 bits per heavy atom. The Morgan fingerprint density at radius 3 is 1.94 bits per heavy atom. The highest BCUT2D eigenvalue weighted by molar-refractivity contribution is 5.95. The molecular weight excluding hydrogens is 432 g/mol. The molecule has 0 heterocycles. The highest BCUT2D eigenvalue weighted by Gasteiger charge is 2.29. The first kappa shape index (κ1) is 27.6. The number of carboxylic acid groups (broad SMARTS) is 2. The number of carbonyl (C=O) groups excluding carboxylic acids is 3. The van der Waals surface area contributed by atoms with Crippen molar-refractivity contribution >= 4 is 29.7 Å². The van der Waals surface area contributed by atoms with E-state index in [1.807, 2.05) is 13.8 Å². The van der Waals surface area contributed by atoms with Crippen LogP contribution in [0.5, 0.6) is 0 Å². The standard InChI is InChI=1S/C22H32N4O7/c1-12(2)9-15(23)20(30)25-16(11-18(27)28)21(31)24-13(3)19(29)26-17(22(32)33)10-14-7-5-4-6-8-14/h4-8,12-13,15-17H,9-11,23H2,1-3H3,(H,24,31)(H,25,30)(H,26,29)(H,27,28)(H,32,33). The van der Waals surface area contributed by atoms with Crippen molar-refractivity contribution in [3.63, 3.8) is 0 Å². The molecule has 0 aromatic heterocycles. The van der Waals surface area contributed by atoms with Gasteiger partial charge in [-0.3, -0.25) is 19.2 Å². The Bertz CT molecular complexity index is 844. The summed E-state index contributed by atoms with van der Waals surface area (Å²) in [6.45, 7) is 5.03. The number of amides is 3. The molecule has 1 rings (SSSR count). The average Bonchev–Trinajstić information content (AvgIpc) is 2.72. The van der Waals surface area contributed by atoms with E-state index in [0.717, 1.165) is 0 Å². The lowest BCUT2D eigenvalue weighted by molar-refractivity contribution is -0.143. The van der Waals surface area contributed by atoms with Crippen molar-refractivity contribution in [2.75, 3.05) is 0 Å². The number of rotatable bonds is 13. The van der Waals surface area contributed by atoms with Gasteiger partial charge in [0.05, 0.1) is 12.5 Å². The number of hydrogen-bond donors (Lipinski definition) is 6. The van der Waals surface area contributed by atoms with Gasteiger partial charge in [0.1, 0.15) is 18.1 Å². The molecule has 0 bridgehead atoms. The highest BCUT2D eigenvalue weighted by Crippen LogP contribution is 2.05. The fraction of sp³-hybridized carbons (Fsp3) is 0.500. The molecule has 4 atom stereocenters. The zero-order chi connectivity index (χ0) is 25.1. The SMILES string of the molecule is CC(C)CC(N)C(=O)NC(CC(=O)O)C(=O)NC(C)C(=O)NC(Cc1ccccc1)C(=O)O. The maximum Gasteiger partial charge on any atom is 0.326 e. The van der Waals surface area contributed by atoms with Crippen LogP contribution in [-0.4, -0.2) is 64.0 Å². The largest absolute Gasteiger partial charge is 0.481 e. The van der Waals surface area contributed by atoms with E-state index in [-0.39, 0.29) is 12.3 Å². The van der Waals surface area contributed by atoms with Gasteiger partial charge in [-0.1, -0.05) is 44.2 Å². The Balaban J connectivity index is 2.78. The Kier molecular flexibility index (Phi) is 11.0. The number of nitrogens with two attached hydrogens (primary N) is 1. The van der Waals surface area contributed by atoms with Crippen LogP contribution in [-0.2, 0) is 30.4 Å². The monoisotopic (exact) mass is 464 g/mol. The zero-order valence-corrected chi connectivity index (χ0v) is 18.9. The molecule has 0 spiro atoms. The molecular formula is C22H32N4O7. The highest BCUT2D eigenvalue weighted by atomic mass is 16.4. The predicted molar refractivity (Wildman–Crippen MR) is 119 cm³/mol. The number of aliphatic carboxylic acids is 2. The summed E-state index contributed by atoms with van der Waals surface area (Å²) in [6, 6.07) is 3.89. The molecule has 11 heteroatoms. The smallest absolute Gasteiger partial charge is 0.326 e. The van der Waals surface area contributed by atoms with Crippen LogP contribution in [0.3, 0.4) is 0 Å². The quantitative estimate of drug-likeness (QED) is 0.228. The summed E-state index contributed by atoms with van der Waals surface area (Å²) in [6.07, 6.45) is -0.343. The lowest BCUT2D eigenvalue weighted by atomic mass is 10.0. The minimum atomic E-state index is -1.46. The second-order valence-corrected chi connectivity index (χ2v) is 8.21. The van der Waals surface area contributed by atoms with Crippen molar-refractivity contribution in [3.05, 3.63) is 35.9 Å². The maximum atomic E-state index is 12.6. The molecule has 11 nitrogen and oxygen atoms in total. The third-order valence-corrected chi connectivity index (χ3v) is 4.72. The second kappa shape index (κ2) is 13.2. The van der Waals surface area contributed by atoms with Gasteiger partial charge in [-0.25, -0.2) is 4.79 Å². The molecule has 0 aliphatic heterocycles. The molecule has 33 heavy (non-hydrogen) atoms. The molecule has 0 saturated heterocycles. The normalized spacial score (nSPS) is 14.5. The first-order chi connectivity index (χ1) is 15.4. The van der Waals surface area contributed by atoms with Gasteiger partial charge < -0.3 is 31.9 Å². The van der Waals surface area contributed by atoms with Gasteiger partial charge in [0.2, 0.25) is 17.7 Å². The van der Waals surface area contributed by atoms with Crippen LogP contribution in [0.25, 0.3) is 0 Å². The van der Waals surface area contributed by atoms with Crippen LogP contribution in [0.15, 0.2) is 30.3 Å². The third kappa shape index (κ3) is 10.1. The molecule has 3 amide bonds. The molecule has 0 fully saturated rings. The van der Waals surface area contributed by atoms with E-state index in [2.05, 4.69) is 16.0 Å². The summed E-state index contributed by atoms with van der Waals surface area (Å²) in [4.78, 5) is 60.0. The van der Waals surface area contributed by atoms with E-state index in [1.54, 1.807) is 30.3 Å².